The Morgan fingerprint density at radius 1 is 1.50 bits per heavy atom. The van der Waals surface area contributed by atoms with Gasteiger partial charge in [-0.05, 0) is 27.5 Å². The Balaban J connectivity index is 2.83. The second-order valence-electron chi connectivity index (χ2n) is 2.16. The lowest BCUT2D eigenvalue weighted by molar-refractivity contribution is 0.615. The van der Waals surface area contributed by atoms with Crippen LogP contribution in [0.3, 0.4) is 0 Å². The molecule has 62 valence electrons. The zero-order valence-electron chi connectivity index (χ0n) is 5.61. The molecule has 2 heterocycles. The van der Waals surface area contributed by atoms with Crippen molar-refractivity contribution in [2.75, 3.05) is 0 Å². The van der Waals surface area contributed by atoms with Gasteiger partial charge in [-0.2, -0.15) is 4.98 Å². The number of nitrogens with zero attached hydrogens (tertiary/aromatic N) is 2. The van der Waals surface area contributed by atoms with Crippen molar-refractivity contribution in [2.45, 2.75) is 0 Å². The number of pyridine rings is 1. The second kappa shape index (κ2) is 2.67. The quantitative estimate of drug-likeness (QED) is 0.730. The highest BCUT2D eigenvalue weighted by Gasteiger charge is 2.06. The molecule has 0 bridgehead atoms. The number of hydrogen-bond donors (Lipinski definition) is 1. The van der Waals surface area contributed by atoms with Crippen molar-refractivity contribution >= 4 is 38.7 Å². The van der Waals surface area contributed by atoms with Gasteiger partial charge in [0.05, 0.1) is 5.52 Å². The zero-order chi connectivity index (χ0) is 8.72. The number of aromatic nitrogens is 3. The number of imidazole rings is 1. The third kappa shape index (κ3) is 1.19. The fourth-order valence-electron chi connectivity index (χ4n) is 0.867. The van der Waals surface area contributed by atoms with Gasteiger partial charge in [-0.25, -0.2) is 9.37 Å². The SMILES string of the molecule is Fc1cc2[nH]c(Cl)nc2nc1Br. The van der Waals surface area contributed by atoms with Crippen molar-refractivity contribution in [3.63, 3.8) is 0 Å². The maximum atomic E-state index is 12.9. The van der Waals surface area contributed by atoms with E-state index in [1.807, 2.05) is 0 Å². The molecule has 1 N–H and O–H groups in total. The van der Waals surface area contributed by atoms with Crippen LogP contribution in [0, 0.1) is 5.82 Å². The van der Waals surface area contributed by atoms with Crippen LogP contribution in [0.4, 0.5) is 4.39 Å². The summed E-state index contributed by atoms with van der Waals surface area (Å²) < 4.78 is 13.0. The van der Waals surface area contributed by atoms with Crippen LogP contribution in [-0.2, 0) is 0 Å². The van der Waals surface area contributed by atoms with Gasteiger partial charge in [-0.3, -0.25) is 0 Å². The van der Waals surface area contributed by atoms with Crippen molar-refractivity contribution in [3.05, 3.63) is 21.8 Å². The van der Waals surface area contributed by atoms with E-state index < -0.39 is 5.82 Å². The van der Waals surface area contributed by atoms with Crippen molar-refractivity contribution in [1.29, 1.82) is 0 Å². The summed E-state index contributed by atoms with van der Waals surface area (Å²) in [5, 5.41) is 0.204. The third-order valence-corrected chi connectivity index (χ3v) is 2.09. The first-order valence-corrected chi connectivity index (χ1v) is 4.21. The number of halogens is 3. The smallest absolute Gasteiger partial charge is 0.202 e. The van der Waals surface area contributed by atoms with Gasteiger partial charge in [0.2, 0.25) is 5.28 Å². The molecule has 2 aromatic rings. The minimum Gasteiger partial charge on any atom is -0.327 e. The molecule has 0 saturated carbocycles. The van der Waals surface area contributed by atoms with Crippen molar-refractivity contribution < 1.29 is 4.39 Å². The summed E-state index contributed by atoms with van der Waals surface area (Å²) in [4.78, 5) is 10.3. The molecular weight excluding hydrogens is 248 g/mol. The Bertz CT molecular complexity index is 403. The maximum absolute atomic E-state index is 12.9. The van der Waals surface area contributed by atoms with Crippen molar-refractivity contribution in [1.82, 2.24) is 15.0 Å². The van der Waals surface area contributed by atoms with Crippen molar-refractivity contribution in [3.8, 4) is 0 Å². The summed E-state index contributed by atoms with van der Waals surface area (Å²) in [6.45, 7) is 0. The third-order valence-electron chi connectivity index (χ3n) is 1.35. The van der Waals surface area contributed by atoms with Crippen LogP contribution >= 0.6 is 27.5 Å². The molecule has 0 aromatic carbocycles. The van der Waals surface area contributed by atoms with Crippen LogP contribution in [0.25, 0.3) is 11.2 Å². The number of aromatic amines is 1. The minimum absolute atomic E-state index is 0.137. The van der Waals surface area contributed by atoms with Crippen LogP contribution < -0.4 is 0 Å². The Morgan fingerprint density at radius 2 is 2.25 bits per heavy atom. The molecule has 0 spiro atoms. The molecule has 0 atom stereocenters. The van der Waals surface area contributed by atoms with E-state index in [-0.39, 0.29) is 9.89 Å². The molecule has 0 amide bonds. The lowest BCUT2D eigenvalue weighted by Gasteiger charge is -1.91. The second-order valence-corrected chi connectivity index (χ2v) is 3.27. The van der Waals surface area contributed by atoms with Crippen molar-refractivity contribution in [2.24, 2.45) is 0 Å². The van der Waals surface area contributed by atoms with E-state index in [2.05, 4.69) is 30.9 Å². The summed E-state index contributed by atoms with van der Waals surface area (Å²) in [6, 6.07) is 1.28. The van der Waals surface area contributed by atoms with E-state index in [1.165, 1.54) is 6.07 Å². The molecule has 2 aromatic heterocycles. The van der Waals surface area contributed by atoms with Gasteiger partial charge in [0.25, 0.3) is 0 Å². The molecule has 0 unspecified atom stereocenters. The van der Waals surface area contributed by atoms with Gasteiger partial charge in [-0.1, -0.05) is 0 Å². The van der Waals surface area contributed by atoms with Gasteiger partial charge in [0, 0.05) is 6.07 Å². The molecule has 6 heteroatoms. The molecule has 0 radical (unpaired) electrons. The molecular formula is C6H2BrClFN3. The standard InChI is InChI=1S/C6H2BrClFN3/c7-4-2(9)1-3-5(11-4)12-6(8)10-3/h1H,(H,10,11,12). The summed E-state index contributed by atoms with van der Waals surface area (Å²) in [7, 11) is 0. The Kier molecular flexibility index (Phi) is 1.77. The first-order chi connectivity index (χ1) is 5.66. The van der Waals surface area contributed by atoms with Crippen LogP contribution in [0.5, 0.6) is 0 Å². The predicted octanol–water partition coefficient (Wildman–Crippen LogP) is 2.51. The average molecular weight is 250 g/mol. The average Bonchev–Trinajstić information content (AvgIpc) is 2.30. The minimum atomic E-state index is -0.442. The molecule has 3 nitrogen and oxygen atoms in total. The van der Waals surface area contributed by atoms with E-state index in [1.54, 1.807) is 0 Å². The van der Waals surface area contributed by atoms with Crippen LogP contribution in [0.15, 0.2) is 10.7 Å². The Labute approximate surface area is 80.1 Å². The first kappa shape index (κ1) is 7.94. The van der Waals surface area contributed by atoms with Crippen LogP contribution in [0.1, 0.15) is 0 Å². The van der Waals surface area contributed by atoms with Gasteiger partial charge in [0.15, 0.2) is 11.5 Å². The molecule has 12 heavy (non-hydrogen) atoms. The topological polar surface area (TPSA) is 41.6 Å². The number of fused-ring (bicyclic) bond motifs is 1. The van der Waals surface area contributed by atoms with E-state index in [9.17, 15) is 4.39 Å². The fraction of sp³-hybridized carbons (Fsp3) is 0. The lowest BCUT2D eigenvalue weighted by atomic mass is 10.4. The lowest BCUT2D eigenvalue weighted by Crippen LogP contribution is -1.83. The monoisotopic (exact) mass is 249 g/mol. The fourth-order valence-corrected chi connectivity index (χ4v) is 1.33. The largest absolute Gasteiger partial charge is 0.327 e. The first-order valence-electron chi connectivity index (χ1n) is 3.04. The summed E-state index contributed by atoms with van der Waals surface area (Å²) in [5.41, 5.74) is 0.883. The maximum Gasteiger partial charge on any atom is 0.202 e. The normalized spacial score (nSPS) is 10.9. The molecule has 0 aliphatic rings. The number of nitrogens with one attached hydrogen (secondary N) is 1. The summed E-state index contributed by atoms with van der Waals surface area (Å²) in [6.07, 6.45) is 0. The molecule has 2 rings (SSSR count). The number of H-pyrrole nitrogens is 1. The van der Waals surface area contributed by atoms with Crippen LogP contribution in [-0.4, -0.2) is 15.0 Å². The highest BCUT2D eigenvalue weighted by atomic mass is 79.9. The number of hydrogen-bond acceptors (Lipinski definition) is 2. The predicted molar refractivity (Wildman–Crippen MR) is 46.6 cm³/mol. The Hall–Kier alpha value is -0.680. The van der Waals surface area contributed by atoms with E-state index in [0.29, 0.717) is 11.2 Å². The molecule has 0 aliphatic heterocycles. The highest BCUT2D eigenvalue weighted by molar-refractivity contribution is 9.10. The summed E-state index contributed by atoms with van der Waals surface area (Å²) in [5.74, 6) is -0.442. The Morgan fingerprint density at radius 3 is 3.00 bits per heavy atom. The van der Waals surface area contributed by atoms with E-state index >= 15 is 0 Å². The highest BCUT2D eigenvalue weighted by Crippen LogP contribution is 2.18. The molecule has 0 saturated heterocycles. The van der Waals surface area contributed by atoms with E-state index in [4.69, 9.17) is 11.6 Å². The molecule has 0 aliphatic carbocycles. The van der Waals surface area contributed by atoms with Gasteiger partial charge in [0.1, 0.15) is 4.60 Å². The summed E-state index contributed by atoms with van der Waals surface area (Å²) >= 11 is 8.49. The van der Waals surface area contributed by atoms with Gasteiger partial charge in [-0.15, -0.1) is 0 Å². The van der Waals surface area contributed by atoms with Gasteiger partial charge >= 0.3 is 0 Å². The van der Waals surface area contributed by atoms with Gasteiger partial charge < -0.3 is 4.98 Å². The van der Waals surface area contributed by atoms with E-state index in [0.717, 1.165) is 0 Å². The molecule has 0 fully saturated rings. The zero-order valence-corrected chi connectivity index (χ0v) is 7.95. The number of rotatable bonds is 0. The van der Waals surface area contributed by atoms with Crippen LogP contribution in [0.2, 0.25) is 5.28 Å².